The molecule has 10 aromatic carbocycles. The highest BCUT2D eigenvalue weighted by molar-refractivity contribution is 6.11. The average Bonchev–Trinajstić information content (AvgIpc) is 3.86. The molecule has 2 aliphatic rings. The van der Waals surface area contributed by atoms with Crippen LogP contribution in [0.2, 0.25) is 0 Å². The molecule has 0 fully saturated rings. The minimum Gasteiger partial charge on any atom is -0.310 e. The zero-order valence-electron chi connectivity index (χ0n) is 37.0. The molecule has 0 saturated carbocycles. The maximum Gasteiger partial charge on any atom is 0.0726 e. The molecule has 11 aromatic rings. The van der Waals surface area contributed by atoms with Crippen LogP contribution in [0.1, 0.15) is 27.7 Å². The summed E-state index contributed by atoms with van der Waals surface area (Å²) in [7, 11) is 0. The van der Waals surface area contributed by atoms with Crippen LogP contribution in [-0.2, 0) is 5.41 Å². The first-order chi connectivity index (χ1) is 31.9. The number of anilines is 3. The summed E-state index contributed by atoms with van der Waals surface area (Å²) >= 11 is 0. The molecular formula is C59H38N2. The summed E-state index contributed by atoms with van der Waals surface area (Å²) in [5.41, 5.74) is 14.5. The van der Waals surface area contributed by atoms with Crippen molar-refractivity contribution in [3.63, 3.8) is 0 Å². The summed E-state index contributed by atoms with van der Waals surface area (Å²) in [6, 6.07) is 72.4. The molecule has 1 heterocycles. The predicted octanol–water partition coefficient (Wildman–Crippen LogP) is 15.4. The van der Waals surface area contributed by atoms with Gasteiger partial charge < -0.3 is 9.47 Å². The lowest BCUT2D eigenvalue weighted by molar-refractivity contribution is 0.773. The largest absolute Gasteiger partial charge is 0.310 e. The fraction of sp³-hybridized carbons (Fsp3) is 0.0169. The van der Waals surface area contributed by atoms with E-state index >= 15 is 0 Å². The molecule has 61 heavy (non-hydrogen) atoms. The minimum absolute atomic E-state index is 0.0162. The Morgan fingerprint density at radius 1 is 0.393 bits per heavy atom. The molecule has 0 bridgehead atoms. The molecule has 284 valence electrons. The van der Waals surface area contributed by atoms with Crippen molar-refractivity contribution in [1.82, 2.24) is 4.57 Å². The number of benzene rings is 10. The van der Waals surface area contributed by atoms with Crippen molar-refractivity contribution in [3.05, 3.63) is 253 Å². The van der Waals surface area contributed by atoms with Crippen LogP contribution >= 0.6 is 0 Å². The van der Waals surface area contributed by atoms with E-state index in [0.29, 0.717) is 11.1 Å². The molecule has 2 aliphatic carbocycles. The van der Waals surface area contributed by atoms with E-state index in [9.17, 15) is 2.74 Å². The molecule has 1 aromatic heterocycles. The maximum atomic E-state index is 9.78. The zero-order chi connectivity index (χ0) is 43.6. The van der Waals surface area contributed by atoms with Crippen LogP contribution in [0.4, 0.5) is 17.1 Å². The Kier molecular flexibility index (Phi) is 6.44. The Hall–Kier alpha value is -7.94. The maximum absolute atomic E-state index is 9.78. The number of hydrogen-bond acceptors (Lipinski definition) is 1. The van der Waals surface area contributed by atoms with Crippen LogP contribution in [0, 0.1) is 0 Å². The van der Waals surface area contributed by atoms with Gasteiger partial charge in [0.05, 0.1) is 21.9 Å². The molecule has 0 saturated heterocycles. The lowest BCUT2D eigenvalue weighted by atomic mass is 9.61. The molecule has 0 N–H and O–H groups in total. The minimum atomic E-state index is -1.06. The van der Waals surface area contributed by atoms with E-state index in [4.69, 9.17) is 2.74 Å². The topological polar surface area (TPSA) is 8.17 Å². The molecule has 0 aliphatic heterocycles. The predicted molar refractivity (Wildman–Crippen MR) is 255 cm³/mol. The molecule has 0 radical (unpaired) electrons. The summed E-state index contributed by atoms with van der Waals surface area (Å²) in [4.78, 5) is 2.33. The van der Waals surface area contributed by atoms with E-state index in [-0.39, 0.29) is 24.2 Å². The summed E-state index contributed by atoms with van der Waals surface area (Å²) in [5.74, 6) is 0. The lowest BCUT2D eigenvalue weighted by Crippen LogP contribution is -2.32. The first-order valence-corrected chi connectivity index (χ1v) is 20.9. The average molecular weight is 779 g/mol. The van der Waals surface area contributed by atoms with E-state index < -0.39 is 5.41 Å². The summed E-state index contributed by atoms with van der Waals surface area (Å²) in [6.07, 6.45) is 0. The van der Waals surface area contributed by atoms with Crippen molar-refractivity contribution < 1.29 is 5.48 Å². The van der Waals surface area contributed by atoms with Crippen LogP contribution in [0.25, 0.3) is 71.6 Å². The van der Waals surface area contributed by atoms with Gasteiger partial charge in [0, 0.05) is 33.5 Å². The standard InChI is InChI=1S/C59H38N2/c1-3-15-39(16-4-1)40-29-31-43(32-30-40)60(45-34-36-50-49-23-9-12-28-56(49)61(57(50)38-45)42-19-5-2-6-20-42)44-33-35-48-51-24-13-17-41-18-14-27-54(58(41)51)59(55(48)37-44)52-25-10-7-21-46(52)47-22-8-11-26-53(47)59/h1-38H/i7D,10D,21D,25D. The van der Waals surface area contributed by atoms with Crippen LogP contribution in [-0.4, -0.2) is 4.57 Å². The Balaban J connectivity index is 1.13. The van der Waals surface area contributed by atoms with Gasteiger partial charge in [0.1, 0.15) is 0 Å². The van der Waals surface area contributed by atoms with E-state index in [1.165, 1.54) is 5.39 Å². The van der Waals surface area contributed by atoms with Crippen molar-refractivity contribution in [2.75, 3.05) is 4.90 Å². The highest BCUT2D eigenvalue weighted by Crippen LogP contribution is 2.62. The zero-order valence-corrected chi connectivity index (χ0v) is 33.0. The van der Waals surface area contributed by atoms with Crippen molar-refractivity contribution >= 4 is 49.6 Å². The summed E-state index contributed by atoms with van der Waals surface area (Å²) in [5, 5.41) is 4.53. The first-order valence-electron chi connectivity index (χ1n) is 22.9. The lowest BCUT2D eigenvalue weighted by Gasteiger charge is -2.40. The van der Waals surface area contributed by atoms with Gasteiger partial charge in [-0.25, -0.2) is 0 Å². The smallest absolute Gasteiger partial charge is 0.0726 e. The number of hydrogen-bond donors (Lipinski definition) is 0. The molecule has 2 nitrogen and oxygen atoms in total. The number of aromatic nitrogens is 1. The van der Waals surface area contributed by atoms with Gasteiger partial charge in [-0.15, -0.1) is 0 Å². The van der Waals surface area contributed by atoms with Gasteiger partial charge in [0.25, 0.3) is 0 Å². The van der Waals surface area contributed by atoms with Crippen LogP contribution in [0.5, 0.6) is 0 Å². The van der Waals surface area contributed by atoms with Gasteiger partial charge in [-0.3, -0.25) is 0 Å². The van der Waals surface area contributed by atoms with Crippen molar-refractivity contribution in [2.45, 2.75) is 5.41 Å². The Morgan fingerprint density at radius 2 is 1.02 bits per heavy atom. The van der Waals surface area contributed by atoms with E-state index in [0.717, 1.165) is 94.4 Å². The van der Waals surface area contributed by atoms with Crippen LogP contribution in [0.15, 0.2) is 230 Å². The molecule has 0 amide bonds. The summed E-state index contributed by atoms with van der Waals surface area (Å²) < 4.78 is 39.6. The quantitative estimate of drug-likeness (QED) is 0.169. The number of rotatable bonds is 5. The molecule has 1 atom stereocenters. The third-order valence-corrected chi connectivity index (χ3v) is 13.1. The Morgan fingerprint density at radius 3 is 1.89 bits per heavy atom. The fourth-order valence-corrected chi connectivity index (χ4v) is 10.6. The van der Waals surface area contributed by atoms with Gasteiger partial charge in [-0.05, 0) is 121 Å². The molecule has 13 rings (SSSR count). The van der Waals surface area contributed by atoms with Crippen LogP contribution < -0.4 is 4.90 Å². The number of nitrogens with zero attached hydrogens (tertiary/aromatic N) is 2. The molecule has 1 spiro atoms. The van der Waals surface area contributed by atoms with Crippen molar-refractivity contribution in [1.29, 1.82) is 0 Å². The second-order valence-electron chi connectivity index (χ2n) is 16.1. The Labute approximate surface area is 360 Å². The van der Waals surface area contributed by atoms with E-state index in [2.05, 4.69) is 191 Å². The number of fused-ring (bicyclic) bond motifs is 12. The SMILES string of the molecule is [2H]c1c([2H])c([2H])c2c(c1[2H])-c1ccccc1C21c2cc(N(c3ccc(-c4ccccc4)cc3)c3ccc4c5ccccc5n(-c5ccccc5)c4c3)ccc2-c2cccc3cccc1c23. The van der Waals surface area contributed by atoms with Crippen molar-refractivity contribution in [3.8, 4) is 39.1 Å². The van der Waals surface area contributed by atoms with E-state index in [1.54, 1.807) is 0 Å². The van der Waals surface area contributed by atoms with E-state index in [1.807, 2.05) is 24.3 Å². The Bertz CT molecular complexity index is 3760. The second-order valence-corrected chi connectivity index (χ2v) is 16.1. The fourth-order valence-electron chi connectivity index (χ4n) is 10.6. The van der Waals surface area contributed by atoms with Gasteiger partial charge >= 0.3 is 0 Å². The highest BCUT2D eigenvalue weighted by Gasteiger charge is 2.50. The molecule has 2 heteroatoms. The second kappa shape index (κ2) is 13.0. The first kappa shape index (κ1) is 30.2. The van der Waals surface area contributed by atoms with Crippen molar-refractivity contribution in [2.24, 2.45) is 0 Å². The monoisotopic (exact) mass is 778 g/mol. The van der Waals surface area contributed by atoms with Gasteiger partial charge in [-0.1, -0.05) is 176 Å². The van der Waals surface area contributed by atoms with Gasteiger partial charge in [-0.2, -0.15) is 0 Å². The molecule has 1 unspecified atom stereocenters. The molecular weight excluding hydrogens is 737 g/mol. The highest BCUT2D eigenvalue weighted by atomic mass is 15.1. The van der Waals surface area contributed by atoms with Gasteiger partial charge in [0.2, 0.25) is 0 Å². The summed E-state index contributed by atoms with van der Waals surface area (Å²) in [6.45, 7) is 0. The third-order valence-electron chi connectivity index (χ3n) is 13.1. The van der Waals surface area contributed by atoms with Crippen LogP contribution in [0.3, 0.4) is 0 Å². The van der Waals surface area contributed by atoms with Gasteiger partial charge in [0.15, 0.2) is 0 Å². The third kappa shape index (κ3) is 4.79. The normalized spacial score (nSPS) is 15.5. The number of para-hydroxylation sites is 2.